The minimum absolute atomic E-state index is 0.0735. The van der Waals surface area contributed by atoms with Crippen LogP contribution in [0.5, 0.6) is 0 Å². The van der Waals surface area contributed by atoms with E-state index in [9.17, 15) is 9.59 Å². The summed E-state index contributed by atoms with van der Waals surface area (Å²) in [6, 6.07) is 0.667. The van der Waals surface area contributed by atoms with Crippen molar-refractivity contribution in [1.82, 2.24) is 15.1 Å². The summed E-state index contributed by atoms with van der Waals surface area (Å²) in [5.41, 5.74) is 0. The van der Waals surface area contributed by atoms with Crippen LogP contribution >= 0.6 is 0 Å². The van der Waals surface area contributed by atoms with Gasteiger partial charge in [-0.25, -0.2) is 9.59 Å². The molecule has 0 radical (unpaired) electrons. The Kier molecular flexibility index (Phi) is 4.51. The smallest absolute Gasteiger partial charge is 0.410 e. The lowest BCUT2D eigenvalue weighted by Gasteiger charge is -2.36. The number of amides is 3. The lowest BCUT2D eigenvalue weighted by molar-refractivity contribution is 0.121. The largest absolute Gasteiger partial charge is 0.448 e. The normalized spacial score (nSPS) is 25.0. The Labute approximate surface area is 125 Å². The fraction of sp³-hybridized carbons (Fsp3) is 0.867. The topological polar surface area (TPSA) is 61.9 Å². The van der Waals surface area contributed by atoms with E-state index in [4.69, 9.17) is 4.74 Å². The number of ether oxygens (including phenoxy) is 1. The van der Waals surface area contributed by atoms with Crippen LogP contribution in [0.4, 0.5) is 9.59 Å². The molecular formula is C15H25N3O3. The third-order valence-electron chi connectivity index (χ3n) is 4.92. The summed E-state index contributed by atoms with van der Waals surface area (Å²) in [7, 11) is 0. The third-order valence-corrected chi connectivity index (χ3v) is 4.92. The van der Waals surface area contributed by atoms with Gasteiger partial charge in [-0.3, -0.25) is 0 Å². The number of piperidine rings is 1. The van der Waals surface area contributed by atoms with Crippen LogP contribution in [0.1, 0.15) is 44.9 Å². The van der Waals surface area contributed by atoms with E-state index in [1.165, 1.54) is 19.3 Å². The van der Waals surface area contributed by atoms with E-state index in [1.54, 1.807) is 0 Å². The molecule has 3 aliphatic rings. The molecule has 1 saturated carbocycles. The first kappa shape index (κ1) is 14.5. The zero-order chi connectivity index (χ0) is 14.7. The first-order chi connectivity index (χ1) is 10.2. The maximum atomic E-state index is 12.3. The van der Waals surface area contributed by atoms with Crippen molar-refractivity contribution in [3.8, 4) is 0 Å². The molecule has 0 aromatic rings. The summed E-state index contributed by atoms with van der Waals surface area (Å²) in [6.45, 7) is 2.65. The van der Waals surface area contributed by atoms with E-state index in [2.05, 4.69) is 5.32 Å². The fourth-order valence-corrected chi connectivity index (χ4v) is 3.63. The lowest BCUT2D eigenvalue weighted by Crippen LogP contribution is -2.51. The Balaban J connectivity index is 1.44. The zero-order valence-electron chi connectivity index (χ0n) is 12.6. The Hall–Kier alpha value is -1.46. The van der Waals surface area contributed by atoms with Crippen LogP contribution in [0.15, 0.2) is 0 Å². The van der Waals surface area contributed by atoms with Crippen LogP contribution in [0, 0.1) is 0 Å². The quantitative estimate of drug-likeness (QED) is 0.847. The molecule has 0 aromatic heterocycles. The molecule has 0 spiro atoms. The fourth-order valence-electron chi connectivity index (χ4n) is 3.63. The maximum absolute atomic E-state index is 12.3. The molecular weight excluding hydrogens is 270 g/mol. The predicted molar refractivity (Wildman–Crippen MR) is 78.1 cm³/mol. The number of cyclic esters (lactones) is 1. The standard InChI is InChI=1S/C15H25N3O3/c19-14(16-12-4-2-1-3-5-12)17-8-6-13(7-9-17)18-10-11-21-15(18)20/h12-13H,1-11H2,(H,16,19). The van der Waals surface area contributed by atoms with Crippen molar-refractivity contribution in [3.63, 3.8) is 0 Å². The van der Waals surface area contributed by atoms with Gasteiger partial charge < -0.3 is 19.9 Å². The highest BCUT2D eigenvalue weighted by Gasteiger charge is 2.33. The number of carbonyl (C=O) groups is 2. The highest BCUT2D eigenvalue weighted by molar-refractivity contribution is 5.74. The van der Waals surface area contributed by atoms with Crippen LogP contribution in [-0.2, 0) is 4.74 Å². The third kappa shape index (κ3) is 3.41. The molecule has 6 heteroatoms. The zero-order valence-corrected chi connectivity index (χ0v) is 12.6. The Morgan fingerprint density at radius 2 is 1.76 bits per heavy atom. The summed E-state index contributed by atoms with van der Waals surface area (Å²) in [5.74, 6) is 0. The number of carbonyl (C=O) groups excluding carboxylic acids is 2. The van der Waals surface area contributed by atoms with E-state index in [-0.39, 0.29) is 18.2 Å². The van der Waals surface area contributed by atoms with Crippen molar-refractivity contribution in [1.29, 1.82) is 0 Å². The first-order valence-electron chi connectivity index (χ1n) is 8.23. The van der Waals surface area contributed by atoms with Gasteiger partial charge in [-0.1, -0.05) is 19.3 Å². The van der Waals surface area contributed by atoms with Crippen molar-refractivity contribution >= 4 is 12.1 Å². The van der Waals surface area contributed by atoms with Crippen LogP contribution in [0.25, 0.3) is 0 Å². The van der Waals surface area contributed by atoms with Gasteiger partial charge in [0, 0.05) is 25.2 Å². The van der Waals surface area contributed by atoms with E-state index >= 15 is 0 Å². The second kappa shape index (κ2) is 6.54. The number of rotatable bonds is 2. The first-order valence-corrected chi connectivity index (χ1v) is 8.23. The van der Waals surface area contributed by atoms with Crippen molar-refractivity contribution in [2.75, 3.05) is 26.2 Å². The summed E-state index contributed by atoms with van der Waals surface area (Å²) in [6.07, 6.45) is 7.49. The average molecular weight is 295 g/mol. The number of hydrogen-bond donors (Lipinski definition) is 1. The molecule has 3 amide bonds. The lowest BCUT2D eigenvalue weighted by atomic mass is 9.95. The number of urea groups is 1. The maximum Gasteiger partial charge on any atom is 0.410 e. The molecule has 2 heterocycles. The second-order valence-electron chi connectivity index (χ2n) is 6.31. The highest BCUT2D eigenvalue weighted by atomic mass is 16.6. The van der Waals surface area contributed by atoms with Crippen LogP contribution in [0.2, 0.25) is 0 Å². The van der Waals surface area contributed by atoms with E-state index in [1.807, 2.05) is 9.80 Å². The second-order valence-corrected chi connectivity index (χ2v) is 6.31. The van der Waals surface area contributed by atoms with Gasteiger partial charge in [0.25, 0.3) is 0 Å². The van der Waals surface area contributed by atoms with Gasteiger partial charge >= 0.3 is 12.1 Å². The molecule has 2 saturated heterocycles. The predicted octanol–water partition coefficient (Wildman–Crippen LogP) is 1.95. The van der Waals surface area contributed by atoms with Crippen LogP contribution in [-0.4, -0.2) is 60.2 Å². The molecule has 0 aromatic carbocycles. The molecule has 3 fully saturated rings. The molecule has 1 aliphatic carbocycles. The Morgan fingerprint density at radius 3 is 2.38 bits per heavy atom. The summed E-state index contributed by atoms with van der Waals surface area (Å²) in [5, 5.41) is 3.16. The van der Waals surface area contributed by atoms with Crippen molar-refractivity contribution in [2.24, 2.45) is 0 Å². The summed E-state index contributed by atoms with van der Waals surface area (Å²) in [4.78, 5) is 27.5. The van der Waals surface area contributed by atoms with Crippen molar-refractivity contribution in [2.45, 2.75) is 57.0 Å². The molecule has 0 bridgehead atoms. The molecule has 1 N–H and O–H groups in total. The monoisotopic (exact) mass is 295 g/mol. The number of likely N-dealkylation sites (tertiary alicyclic amines) is 1. The van der Waals surface area contributed by atoms with Gasteiger partial charge in [-0.05, 0) is 25.7 Å². The minimum Gasteiger partial charge on any atom is -0.448 e. The molecule has 21 heavy (non-hydrogen) atoms. The number of hydrogen-bond acceptors (Lipinski definition) is 3. The van der Waals surface area contributed by atoms with E-state index in [0.29, 0.717) is 19.2 Å². The van der Waals surface area contributed by atoms with Crippen molar-refractivity contribution in [3.05, 3.63) is 0 Å². The molecule has 118 valence electrons. The minimum atomic E-state index is -0.194. The van der Waals surface area contributed by atoms with Gasteiger partial charge in [0.15, 0.2) is 0 Å². The SMILES string of the molecule is O=C(NC1CCCCC1)N1CCC(N2CCOC2=O)CC1. The van der Waals surface area contributed by atoms with Gasteiger partial charge in [0.2, 0.25) is 0 Å². The molecule has 0 atom stereocenters. The van der Waals surface area contributed by atoms with Crippen LogP contribution < -0.4 is 5.32 Å². The van der Waals surface area contributed by atoms with Gasteiger partial charge in [0.1, 0.15) is 6.61 Å². The average Bonchev–Trinajstić information content (AvgIpc) is 2.94. The molecule has 0 unspecified atom stereocenters. The number of nitrogens with zero attached hydrogens (tertiary/aromatic N) is 2. The van der Waals surface area contributed by atoms with Crippen LogP contribution in [0.3, 0.4) is 0 Å². The summed E-state index contributed by atoms with van der Waals surface area (Å²) >= 11 is 0. The van der Waals surface area contributed by atoms with Gasteiger partial charge in [-0.2, -0.15) is 0 Å². The molecule has 2 aliphatic heterocycles. The Bertz CT molecular complexity index is 388. The van der Waals surface area contributed by atoms with E-state index in [0.717, 1.165) is 38.8 Å². The highest BCUT2D eigenvalue weighted by Crippen LogP contribution is 2.21. The van der Waals surface area contributed by atoms with Gasteiger partial charge in [0.05, 0.1) is 6.54 Å². The van der Waals surface area contributed by atoms with Gasteiger partial charge in [-0.15, -0.1) is 0 Å². The molecule has 3 rings (SSSR count). The number of nitrogens with one attached hydrogen (secondary N) is 1. The molecule has 6 nitrogen and oxygen atoms in total. The Morgan fingerprint density at radius 1 is 1.05 bits per heavy atom. The van der Waals surface area contributed by atoms with Crippen molar-refractivity contribution < 1.29 is 14.3 Å². The van der Waals surface area contributed by atoms with E-state index < -0.39 is 0 Å². The summed E-state index contributed by atoms with van der Waals surface area (Å²) < 4.78 is 4.99.